The molecule has 0 saturated heterocycles. The van der Waals surface area contributed by atoms with Gasteiger partial charge in [-0.05, 0) is 103 Å². The third-order valence-electron chi connectivity index (χ3n) is 15.0. The van der Waals surface area contributed by atoms with Crippen LogP contribution in [0.4, 0.5) is 0 Å². The van der Waals surface area contributed by atoms with Gasteiger partial charge < -0.3 is 27.9 Å². The zero-order valence-electron chi connectivity index (χ0n) is 56.2. The smallest absolute Gasteiger partial charge is 0.306 e. The lowest BCUT2D eigenvalue weighted by Crippen LogP contribution is -2.37. The van der Waals surface area contributed by atoms with Crippen LogP contribution < -0.4 is 4.89 Å². The van der Waals surface area contributed by atoms with Gasteiger partial charge in [0, 0.05) is 12.8 Å². The van der Waals surface area contributed by atoms with Gasteiger partial charge in [-0.15, -0.1) is 0 Å². The topological polar surface area (TPSA) is 111 Å². The number of quaternary nitrogens is 1. The number of carbonyl (C=O) groups is 2. The molecule has 0 amide bonds. The van der Waals surface area contributed by atoms with Crippen LogP contribution in [0.2, 0.25) is 0 Å². The lowest BCUT2D eigenvalue weighted by atomic mass is 10.0. The first-order valence-electron chi connectivity index (χ1n) is 35.2. The van der Waals surface area contributed by atoms with E-state index in [4.69, 9.17) is 18.5 Å². The van der Waals surface area contributed by atoms with Crippen molar-refractivity contribution in [1.82, 2.24) is 0 Å². The maximum atomic E-state index is 12.9. The molecule has 0 saturated carbocycles. The molecule has 2 unspecified atom stereocenters. The highest BCUT2D eigenvalue weighted by Gasteiger charge is 2.22. The first-order chi connectivity index (χ1) is 42.0. The van der Waals surface area contributed by atoms with E-state index < -0.39 is 32.5 Å². The van der Waals surface area contributed by atoms with Gasteiger partial charge in [0.1, 0.15) is 19.8 Å². The van der Waals surface area contributed by atoms with Gasteiger partial charge in [-0.2, -0.15) is 0 Å². The second kappa shape index (κ2) is 65.8. The Kier molecular flexibility index (Phi) is 63.1. The Morgan fingerprint density at radius 2 is 0.628 bits per heavy atom. The number of esters is 2. The van der Waals surface area contributed by atoms with E-state index in [0.717, 1.165) is 116 Å². The van der Waals surface area contributed by atoms with Crippen molar-refractivity contribution in [1.29, 1.82) is 0 Å². The molecule has 0 aliphatic rings. The molecule has 0 spiro atoms. The summed E-state index contributed by atoms with van der Waals surface area (Å²) in [6.45, 7) is 4.01. The lowest BCUT2D eigenvalue weighted by Gasteiger charge is -2.28. The molecular weight excluding hydrogens is 1090 g/mol. The summed E-state index contributed by atoms with van der Waals surface area (Å²) in [5.41, 5.74) is 0. The third-order valence-corrected chi connectivity index (χ3v) is 15.9. The van der Waals surface area contributed by atoms with Crippen LogP contribution in [0.3, 0.4) is 0 Å². The van der Waals surface area contributed by atoms with E-state index in [-0.39, 0.29) is 26.1 Å². The monoisotopic (exact) mass is 1220 g/mol. The first kappa shape index (κ1) is 82.4. The van der Waals surface area contributed by atoms with Crippen LogP contribution in [-0.4, -0.2) is 70.0 Å². The summed E-state index contributed by atoms with van der Waals surface area (Å²) in [6.07, 6.45) is 94.4. The average molecular weight is 1220 g/mol. The summed E-state index contributed by atoms with van der Waals surface area (Å²) in [6, 6.07) is 0. The minimum atomic E-state index is -4.65. The number of ether oxygens (including phenoxy) is 2. The number of unbranched alkanes of at least 4 members (excludes halogenated alkanes) is 30. The summed E-state index contributed by atoms with van der Waals surface area (Å²) in [5.74, 6) is -0.851. The summed E-state index contributed by atoms with van der Waals surface area (Å²) in [5, 5.41) is 0. The fourth-order valence-corrected chi connectivity index (χ4v) is 10.4. The summed E-state index contributed by atoms with van der Waals surface area (Å²) < 4.78 is 34.3. The van der Waals surface area contributed by atoms with Crippen molar-refractivity contribution < 1.29 is 42.1 Å². The molecule has 86 heavy (non-hydrogen) atoms. The van der Waals surface area contributed by atoms with Crippen LogP contribution in [0, 0.1) is 0 Å². The van der Waals surface area contributed by atoms with Crippen LogP contribution in [0.15, 0.2) is 122 Å². The van der Waals surface area contributed by atoms with Crippen molar-refractivity contribution in [2.45, 2.75) is 302 Å². The van der Waals surface area contributed by atoms with E-state index in [2.05, 4.69) is 135 Å². The molecule has 0 radical (unpaired) electrons. The number of hydrogen-bond donors (Lipinski definition) is 0. The molecule has 0 bridgehead atoms. The Bertz CT molecular complexity index is 1870. The zero-order valence-corrected chi connectivity index (χ0v) is 57.1. The van der Waals surface area contributed by atoms with Crippen LogP contribution in [0.5, 0.6) is 0 Å². The van der Waals surface area contributed by atoms with Gasteiger partial charge in [-0.25, -0.2) is 0 Å². The molecular formula is C76H132NO8P. The molecule has 9 nitrogen and oxygen atoms in total. The van der Waals surface area contributed by atoms with Crippen LogP contribution in [0.1, 0.15) is 296 Å². The zero-order chi connectivity index (χ0) is 62.6. The van der Waals surface area contributed by atoms with Crippen LogP contribution in [0.25, 0.3) is 0 Å². The van der Waals surface area contributed by atoms with Crippen molar-refractivity contribution in [3.63, 3.8) is 0 Å². The van der Waals surface area contributed by atoms with E-state index in [1.807, 2.05) is 21.1 Å². The van der Waals surface area contributed by atoms with Crippen LogP contribution in [-0.2, 0) is 32.7 Å². The highest BCUT2D eigenvalue weighted by atomic mass is 31.2. The third kappa shape index (κ3) is 69.5. The molecule has 0 aliphatic heterocycles. The van der Waals surface area contributed by atoms with Gasteiger partial charge in [-0.3, -0.25) is 14.2 Å². The van der Waals surface area contributed by atoms with Crippen molar-refractivity contribution in [3.05, 3.63) is 122 Å². The molecule has 2 atom stereocenters. The maximum Gasteiger partial charge on any atom is 0.306 e. The predicted octanol–water partition coefficient (Wildman–Crippen LogP) is 22.4. The number of carbonyl (C=O) groups excluding carboxylic acids is 2. The van der Waals surface area contributed by atoms with Gasteiger partial charge in [0.2, 0.25) is 0 Å². The van der Waals surface area contributed by atoms with E-state index in [1.165, 1.54) is 141 Å². The Morgan fingerprint density at radius 3 is 0.930 bits per heavy atom. The van der Waals surface area contributed by atoms with Crippen molar-refractivity contribution >= 4 is 19.8 Å². The minimum Gasteiger partial charge on any atom is -0.756 e. The second-order valence-corrected chi connectivity index (χ2v) is 25.9. The first-order valence-corrected chi connectivity index (χ1v) is 36.7. The second-order valence-electron chi connectivity index (χ2n) is 24.5. The predicted molar refractivity (Wildman–Crippen MR) is 369 cm³/mol. The Labute approximate surface area is 530 Å². The number of hydrogen-bond acceptors (Lipinski definition) is 8. The molecule has 0 N–H and O–H groups in total. The number of phosphoric acid groups is 1. The van der Waals surface area contributed by atoms with Gasteiger partial charge in [0.15, 0.2) is 6.10 Å². The molecule has 0 heterocycles. The minimum absolute atomic E-state index is 0.0377. The Hall–Kier alpha value is -3.59. The molecule has 0 fully saturated rings. The van der Waals surface area contributed by atoms with E-state index in [0.29, 0.717) is 23.9 Å². The Balaban J connectivity index is 3.96. The van der Waals surface area contributed by atoms with Crippen molar-refractivity contribution in [2.75, 3.05) is 47.5 Å². The number of phosphoric ester groups is 1. The van der Waals surface area contributed by atoms with Gasteiger partial charge >= 0.3 is 11.9 Å². The summed E-state index contributed by atoms with van der Waals surface area (Å²) in [4.78, 5) is 38.0. The molecule has 0 aromatic heterocycles. The van der Waals surface area contributed by atoms with Gasteiger partial charge in [0.05, 0.1) is 27.7 Å². The highest BCUT2D eigenvalue weighted by molar-refractivity contribution is 7.45. The van der Waals surface area contributed by atoms with Crippen molar-refractivity contribution in [3.8, 4) is 0 Å². The molecule has 0 aromatic rings. The Morgan fingerprint density at radius 1 is 0.360 bits per heavy atom. The standard InChI is InChI=1S/C76H132NO8P/c1-6-8-10-12-14-16-18-20-22-24-26-28-29-30-31-32-33-34-35-36-37-38-39-40-41-42-43-44-45-46-47-49-51-53-55-57-59-61-63-65-67-69-76(79)85-74(73-84-86(80,81)83-71-70-77(3,4)5)72-82-75(78)68-66-64-62-60-58-56-54-52-50-48-27-25-23-21-19-17-15-13-11-9-7-2/h8-11,14-17,20-23,26-28,30-31,48,52,54,74H,6-7,12-13,18-19,24-25,29,32-47,49-51,53,55-73H2,1-5H3/b10-8-,11-9-,16-14-,17-15-,22-20-,23-21-,28-26-,31-30-,48-27-,54-52-. The molecule has 0 rings (SSSR count). The number of nitrogens with zero attached hydrogens (tertiary/aromatic N) is 1. The number of allylic oxidation sites excluding steroid dienone is 20. The normalized spacial score (nSPS) is 13.9. The van der Waals surface area contributed by atoms with Crippen LogP contribution >= 0.6 is 7.82 Å². The molecule has 0 aromatic carbocycles. The largest absolute Gasteiger partial charge is 0.756 e. The molecule has 0 aliphatic carbocycles. The number of likely N-dealkylation sites (N-methyl/N-ethyl adjacent to an activating group) is 1. The lowest BCUT2D eigenvalue weighted by molar-refractivity contribution is -0.870. The van der Waals surface area contributed by atoms with Gasteiger partial charge in [0.25, 0.3) is 7.82 Å². The molecule has 494 valence electrons. The van der Waals surface area contributed by atoms with Gasteiger partial charge in [-0.1, -0.05) is 302 Å². The fourth-order valence-electron chi connectivity index (χ4n) is 9.65. The highest BCUT2D eigenvalue weighted by Crippen LogP contribution is 2.38. The SMILES string of the molecule is CC/C=C\C/C=C\C/C=C\C/C=C\C/C=C\CCCCCCCCCCCCCCCCCCCCCCCCCCCC(=O)OC(COC(=O)CCCCCCC/C=C\C/C=C\C/C=C\C/C=C\C/C=C\CC)COP(=O)([O-])OCC[N+](C)(C)C. The average Bonchev–Trinajstić information content (AvgIpc) is 3.70. The van der Waals surface area contributed by atoms with E-state index in [1.54, 1.807) is 0 Å². The molecule has 10 heteroatoms. The fraction of sp³-hybridized carbons (Fsp3) is 0.711. The van der Waals surface area contributed by atoms with E-state index >= 15 is 0 Å². The maximum absolute atomic E-state index is 12.9. The number of rotatable bonds is 64. The summed E-state index contributed by atoms with van der Waals surface area (Å²) >= 11 is 0. The van der Waals surface area contributed by atoms with E-state index in [9.17, 15) is 19.0 Å². The van der Waals surface area contributed by atoms with Crippen molar-refractivity contribution in [2.24, 2.45) is 0 Å². The quantitative estimate of drug-likeness (QED) is 0.0195. The summed E-state index contributed by atoms with van der Waals surface area (Å²) in [7, 11) is 1.15.